The van der Waals surface area contributed by atoms with Gasteiger partial charge in [-0.05, 0) is 80.0 Å². The zero-order valence-corrected chi connectivity index (χ0v) is 20.4. The molecule has 3 aromatic rings. The molecule has 0 aliphatic carbocycles. The largest absolute Gasteiger partial charge is 0.494 e. The summed E-state index contributed by atoms with van der Waals surface area (Å²) < 4.78 is 5.91. The molecule has 6 nitrogen and oxygen atoms in total. The van der Waals surface area contributed by atoms with E-state index >= 15 is 0 Å². The Morgan fingerprint density at radius 3 is 2.41 bits per heavy atom. The number of nitrogens with zero attached hydrogens (tertiary/aromatic N) is 4. The number of amides is 1. The molecule has 1 amide bonds. The number of thiocarbonyl (C=S) groups is 1. The van der Waals surface area contributed by atoms with Gasteiger partial charge in [0.2, 0.25) is 5.69 Å². The minimum absolute atomic E-state index is 0.128. The standard InChI is InChI=1S/C26H23ClN4O2S/c1-26(2)24(32)31(20-7-10-23(28-3)22(27)17-20)25(34)30(26)15-4-16-33-21-8-5-18(6-9-21)19-11-13-29-14-12-19/h5-14,17H,4,15-16H2,1-2H3. The van der Waals surface area contributed by atoms with Crippen molar-refractivity contribution in [2.45, 2.75) is 25.8 Å². The van der Waals surface area contributed by atoms with Crippen LogP contribution in [-0.4, -0.2) is 39.6 Å². The first-order valence-corrected chi connectivity index (χ1v) is 11.6. The topological polar surface area (TPSA) is 50.0 Å². The molecule has 0 saturated carbocycles. The van der Waals surface area contributed by atoms with Gasteiger partial charge in [-0.1, -0.05) is 29.8 Å². The molecule has 0 spiro atoms. The van der Waals surface area contributed by atoms with Crippen LogP contribution in [0.4, 0.5) is 11.4 Å². The van der Waals surface area contributed by atoms with E-state index in [-0.39, 0.29) is 5.91 Å². The summed E-state index contributed by atoms with van der Waals surface area (Å²) in [6.07, 6.45) is 4.23. The molecule has 0 N–H and O–H groups in total. The van der Waals surface area contributed by atoms with Gasteiger partial charge in [-0.15, -0.1) is 0 Å². The van der Waals surface area contributed by atoms with Crippen molar-refractivity contribution in [3.8, 4) is 16.9 Å². The van der Waals surface area contributed by atoms with Gasteiger partial charge in [-0.3, -0.25) is 14.7 Å². The third kappa shape index (κ3) is 4.60. The second kappa shape index (κ2) is 9.80. The van der Waals surface area contributed by atoms with Crippen molar-refractivity contribution in [3.63, 3.8) is 0 Å². The van der Waals surface area contributed by atoms with Crippen LogP contribution in [0.2, 0.25) is 5.02 Å². The van der Waals surface area contributed by atoms with E-state index in [1.54, 1.807) is 30.6 Å². The lowest BCUT2D eigenvalue weighted by molar-refractivity contribution is -0.123. The highest BCUT2D eigenvalue weighted by Crippen LogP contribution is 2.36. The molecule has 0 bridgehead atoms. The number of hydrogen-bond donors (Lipinski definition) is 0. The van der Waals surface area contributed by atoms with Gasteiger partial charge < -0.3 is 9.64 Å². The van der Waals surface area contributed by atoms with E-state index in [1.165, 1.54) is 4.90 Å². The van der Waals surface area contributed by atoms with Crippen LogP contribution in [0.25, 0.3) is 16.0 Å². The second-order valence-corrected chi connectivity index (χ2v) is 9.12. The number of aromatic nitrogens is 1. The number of pyridine rings is 1. The highest BCUT2D eigenvalue weighted by Gasteiger charge is 2.49. The zero-order valence-electron chi connectivity index (χ0n) is 18.9. The maximum absolute atomic E-state index is 13.2. The molecule has 2 heterocycles. The lowest BCUT2D eigenvalue weighted by Crippen LogP contribution is -2.44. The Morgan fingerprint density at radius 2 is 1.76 bits per heavy atom. The fraction of sp³-hybridized carbons (Fsp3) is 0.231. The Hall–Kier alpha value is -3.47. The highest BCUT2D eigenvalue weighted by atomic mass is 35.5. The first-order valence-electron chi connectivity index (χ1n) is 10.8. The average molecular weight is 491 g/mol. The third-order valence-electron chi connectivity index (χ3n) is 5.80. The minimum atomic E-state index is -0.797. The zero-order chi connectivity index (χ0) is 24.3. The third-order valence-corrected chi connectivity index (χ3v) is 6.50. The Kier molecular flexibility index (Phi) is 6.82. The van der Waals surface area contributed by atoms with E-state index < -0.39 is 5.54 Å². The first-order chi connectivity index (χ1) is 16.3. The molecule has 0 radical (unpaired) electrons. The van der Waals surface area contributed by atoms with Gasteiger partial charge in [0.15, 0.2) is 5.11 Å². The molecule has 2 aromatic carbocycles. The van der Waals surface area contributed by atoms with Crippen LogP contribution in [0, 0.1) is 6.57 Å². The van der Waals surface area contributed by atoms with Gasteiger partial charge in [0, 0.05) is 24.0 Å². The van der Waals surface area contributed by atoms with E-state index in [1.807, 2.05) is 55.1 Å². The van der Waals surface area contributed by atoms with E-state index in [0.717, 1.165) is 16.9 Å². The fourth-order valence-electron chi connectivity index (χ4n) is 3.86. The number of ether oxygens (including phenoxy) is 1. The Morgan fingerprint density at radius 1 is 1.09 bits per heavy atom. The maximum Gasteiger partial charge on any atom is 0.258 e. The van der Waals surface area contributed by atoms with Gasteiger partial charge in [-0.25, -0.2) is 4.85 Å². The van der Waals surface area contributed by atoms with Crippen molar-refractivity contribution < 1.29 is 9.53 Å². The maximum atomic E-state index is 13.2. The lowest BCUT2D eigenvalue weighted by atomic mass is 10.0. The van der Waals surface area contributed by atoms with Crippen molar-refractivity contribution in [1.82, 2.24) is 9.88 Å². The van der Waals surface area contributed by atoms with Crippen molar-refractivity contribution in [2.75, 3.05) is 18.1 Å². The van der Waals surface area contributed by atoms with E-state index in [0.29, 0.717) is 41.1 Å². The first kappa shape index (κ1) is 23.7. The van der Waals surface area contributed by atoms with Gasteiger partial charge in [-0.2, -0.15) is 0 Å². The predicted molar refractivity (Wildman–Crippen MR) is 138 cm³/mol. The second-order valence-electron chi connectivity index (χ2n) is 8.34. The Bertz CT molecular complexity index is 1260. The molecule has 34 heavy (non-hydrogen) atoms. The van der Waals surface area contributed by atoms with E-state index in [4.69, 9.17) is 35.1 Å². The summed E-state index contributed by atoms with van der Waals surface area (Å²) in [7, 11) is 0. The SMILES string of the molecule is [C-]#[N+]c1ccc(N2C(=O)C(C)(C)N(CCCOc3ccc(-c4ccncc4)cc3)C2=S)cc1Cl. The molecule has 4 rings (SSSR count). The number of carbonyl (C=O) groups excluding carboxylic acids is 1. The summed E-state index contributed by atoms with van der Waals surface area (Å²) in [6.45, 7) is 11.9. The molecule has 1 fully saturated rings. The van der Waals surface area contributed by atoms with Crippen molar-refractivity contribution in [2.24, 2.45) is 0 Å². The summed E-state index contributed by atoms with van der Waals surface area (Å²) in [5, 5.41) is 0.714. The Labute approximate surface area is 209 Å². The molecule has 172 valence electrons. The van der Waals surface area contributed by atoms with Crippen LogP contribution < -0.4 is 9.64 Å². The van der Waals surface area contributed by atoms with Crippen LogP contribution >= 0.6 is 23.8 Å². The molecule has 1 aliphatic rings. The lowest BCUT2D eigenvalue weighted by Gasteiger charge is -2.29. The van der Waals surface area contributed by atoms with Crippen molar-refractivity contribution >= 4 is 46.2 Å². The molecule has 0 unspecified atom stereocenters. The van der Waals surface area contributed by atoms with Gasteiger partial charge in [0.1, 0.15) is 11.3 Å². The molecule has 1 aliphatic heterocycles. The highest BCUT2D eigenvalue weighted by molar-refractivity contribution is 7.80. The molecular formula is C26H23ClN4O2S. The summed E-state index contributed by atoms with van der Waals surface area (Å²) in [4.78, 5) is 24.0. The van der Waals surface area contributed by atoms with Gasteiger partial charge in [0.25, 0.3) is 5.91 Å². The van der Waals surface area contributed by atoms with Gasteiger partial charge in [0.05, 0.1) is 18.9 Å². The number of halogens is 1. The van der Waals surface area contributed by atoms with E-state index in [2.05, 4.69) is 9.83 Å². The minimum Gasteiger partial charge on any atom is -0.494 e. The summed E-state index contributed by atoms with van der Waals surface area (Å²) in [5.74, 6) is 0.657. The average Bonchev–Trinajstić information content (AvgIpc) is 3.01. The summed E-state index contributed by atoms with van der Waals surface area (Å²) in [5.41, 5.74) is 2.31. The normalized spacial score (nSPS) is 14.9. The number of hydrogen-bond acceptors (Lipinski definition) is 4. The van der Waals surface area contributed by atoms with Crippen molar-refractivity contribution in [3.05, 3.63) is 83.4 Å². The number of benzene rings is 2. The quantitative estimate of drug-likeness (QED) is 0.226. The van der Waals surface area contributed by atoms with Crippen LogP contribution in [0.3, 0.4) is 0 Å². The summed E-state index contributed by atoms with van der Waals surface area (Å²) in [6, 6.07) is 16.8. The van der Waals surface area contributed by atoms with Gasteiger partial charge >= 0.3 is 0 Å². The van der Waals surface area contributed by atoms with Crippen molar-refractivity contribution in [1.29, 1.82) is 0 Å². The van der Waals surface area contributed by atoms with Crippen LogP contribution in [0.1, 0.15) is 20.3 Å². The molecular weight excluding hydrogens is 468 g/mol. The molecule has 1 aromatic heterocycles. The molecule has 0 atom stereocenters. The number of anilines is 1. The Balaban J connectivity index is 1.37. The summed E-state index contributed by atoms with van der Waals surface area (Å²) >= 11 is 11.8. The fourth-order valence-corrected chi connectivity index (χ4v) is 4.59. The van der Waals surface area contributed by atoms with Crippen LogP contribution in [0.5, 0.6) is 5.75 Å². The smallest absolute Gasteiger partial charge is 0.258 e. The molecule has 8 heteroatoms. The van der Waals surface area contributed by atoms with E-state index in [9.17, 15) is 4.79 Å². The van der Waals surface area contributed by atoms with Crippen LogP contribution in [0.15, 0.2) is 67.0 Å². The number of rotatable bonds is 7. The predicted octanol–water partition coefficient (Wildman–Crippen LogP) is 6.13. The van der Waals surface area contributed by atoms with Crippen LogP contribution in [-0.2, 0) is 4.79 Å². The molecule has 1 saturated heterocycles. The monoisotopic (exact) mass is 490 g/mol. The number of carbonyl (C=O) groups is 1.